The van der Waals surface area contributed by atoms with Gasteiger partial charge in [0.25, 0.3) is 5.56 Å². The topological polar surface area (TPSA) is 44.2 Å². The first kappa shape index (κ1) is 22.9. The maximum absolute atomic E-state index is 13.4. The van der Waals surface area contributed by atoms with Gasteiger partial charge in [-0.05, 0) is 49.6 Å². The molecule has 0 saturated carbocycles. The van der Waals surface area contributed by atoms with Crippen LogP contribution in [0.3, 0.4) is 0 Å². The summed E-state index contributed by atoms with van der Waals surface area (Å²) in [7, 11) is 1.90. The third kappa shape index (κ3) is 4.21. The predicted octanol–water partition coefficient (Wildman–Crippen LogP) is 6.49. The molecule has 3 aromatic carbocycles. The van der Waals surface area contributed by atoms with Crippen molar-refractivity contribution in [3.63, 3.8) is 0 Å². The molecule has 0 atom stereocenters. The second kappa shape index (κ2) is 9.39. The number of nitrogens with zero attached hydrogens (tertiary/aromatic N) is 4. The minimum Gasteiger partial charge on any atom is -0.314 e. The molecule has 2 aromatic heterocycles. The molecule has 6 heteroatoms. The first-order valence-corrected chi connectivity index (χ1v) is 12.6. The highest BCUT2D eigenvalue weighted by molar-refractivity contribution is 7.07. The van der Waals surface area contributed by atoms with Gasteiger partial charge < -0.3 is 4.57 Å². The minimum atomic E-state index is -0.117. The van der Waals surface area contributed by atoms with E-state index in [1.807, 2.05) is 55.1 Å². The Morgan fingerprint density at radius 2 is 1.37 bits per heavy atom. The summed E-state index contributed by atoms with van der Waals surface area (Å²) in [6.07, 6.45) is 0. The van der Waals surface area contributed by atoms with Crippen molar-refractivity contribution in [2.45, 2.75) is 26.8 Å². The zero-order valence-corrected chi connectivity index (χ0v) is 21.2. The molecular formula is C29H28N4OS. The summed E-state index contributed by atoms with van der Waals surface area (Å²) in [6.45, 7) is 6.23. The third-order valence-electron chi connectivity index (χ3n) is 6.28. The molecule has 5 rings (SSSR count). The van der Waals surface area contributed by atoms with E-state index in [0.717, 1.165) is 27.4 Å². The smallest absolute Gasteiger partial charge is 0.297 e. The quantitative estimate of drug-likeness (QED) is 0.283. The van der Waals surface area contributed by atoms with Crippen LogP contribution >= 0.6 is 11.3 Å². The molecule has 35 heavy (non-hydrogen) atoms. The number of aromatic nitrogens is 3. The van der Waals surface area contributed by atoms with Crippen LogP contribution < -0.4 is 10.4 Å². The van der Waals surface area contributed by atoms with Gasteiger partial charge in [0.15, 0.2) is 10.5 Å². The van der Waals surface area contributed by atoms with Crippen molar-refractivity contribution in [1.82, 2.24) is 13.9 Å². The van der Waals surface area contributed by atoms with Gasteiger partial charge in [-0.15, -0.1) is 11.3 Å². The highest BCUT2D eigenvalue weighted by atomic mass is 32.1. The van der Waals surface area contributed by atoms with Gasteiger partial charge in [-0.3, -0.25) is 9.48 Å². The van der Waals surface area contributed by atoms with Gasteiger partial charge in [0.2, 0.25) is 0 Å². The highest BCUT2D eigenvalue weighted by Gasteiger charge is 2.17. The number of benzene rings is 3. The molecule has 0 unspecified atom stereocenters. The molecule has 0 aliphatic carbocycles. The van der Waals surface area contributed by atoms with Crippen LogP contribution in [-0.4, -0.2) is 13.9 Å². The van der Waals surface area contributed by atoms with Crippen LogP contribution in [0.4, 0.5) is 5.69 Å². The fourth-order valence-corrected chi connectivity index (χ4v) is 5.39. The van der Waals surface area contributed by atoms with E-state index in [9.17, 15) is 4.79 Å². The van der Waals surface area contributed by atoms with Crippen LogP contribution in [0.15, 0.2) is 100 Å². The number of rotatable bonds is 5. The van der Waals surface area contributed by atoms with Crippen LogP contribution in [0.25, 0.3) is 28.1 Å². The van der Waals surface area contributed by atoms with Gasteiger partial charge in [-0.1, -0.05) is 72.8 Å². The normalized spacial score (nSPS) is 12.0. The third-order valence-corrected chi connectivity index (χ3v) is 7.12. The predicted molar refractivity (Wildman–Crippen MR) is 145 cm³/mol. The lowest BCUT2D eigenvalue weighted by Crippen LogP contribution is -2.21. The Kier molecular flexibility index (Phi) is 6.14. The molecule has 0 N–H and O–H groups in total. The number of hydrogen-bond acceptors (Lipinski definition) is 3. The van der Waals surface area contributed by atoms with E-state index in [-0.39, 0.29) is 11.6 Å². The van der Waals surface area contributed by atoms with Gasteiger partial charge in [0.05, 0.1) is 17.1 Å². The molecule has 0 bridgehead atoms. The summed E-state index contributed by atoms with van der Waals surface area (Å²) >= 11 is 1.56. The van der Waals surface area contributed by atoms with Gasteiger partial charge in [0.1, 0.15) is 0 Å². The van der Waals surface area contributed by atoms with Gasteiger partial charge >= 0.3 is 0 Å². The molecule has 0 amide bonds. The Hall–Kier alpha value is -3.90. The molecule has 176 valence electrons. The number of para-hydroxylation sites is 1. The standard InChI is InChI=1S/C29H28N4OS/c1-20(2)32-26(24-17-15-23(16-18-24)22-11-7-5-8-12-22)19-35-29(32)30-27-21(3)31(4)33(28(27)34)25-13-9-6-10-14-25/h5-20H,1-4H3. The lowest BCUT2D eigenvalue weighted by molar-refractivity contribution is 0.591. The number of thiazole rings is 1. The Bertz CT molecular complexity index is 1580. The molecule has 0 radical (unpaired) electrons. The second-order valence-electron chi connectivity index (χ2n) is 8.83. The highest BCUT2D eigenvalue weighted by Crippen LogP contribution is 2.27. The van der Waals surface area contributed by atoms with E-state index in [2.05, 4.69) is 72.3 Å². The summed E-state index contributed by atoms with van der Waals surface area (Å²) in [6, 6.07) is 28.9. The Labute approximate surface area is 208 Å². The first-order chi connectivity index (χ1) is 17.0. The second-order valence-corrected chi connectivity index (χ2v) is 9.67. The molecule has 0 fully saturated rings. The molecule has 5 nitrogen and oxygen atoms in total. The molecular weight excluding hydrogens is 452 g/mol. The Morgan fingerprint density at radius 1 is 0.800 bits per heavy atom. The van der Waals surface area contributed by atoms with Crippen LogP contribution in [0.2, 0.25) is 0 Å². The van der Waals surface area contributed by atoms with E-state index >= 15 is 0 Å². The summed E-state index contributed by atoms with van der Waals surface area (Å²) in [5, 5.41) is 2.13. The fraction of sp³-hybridized carbons (Fsp3) is 0.172. The summed E-state index contributed by atoms with van der Waals surface area (Å²) in [5.74, 6) is 0. The van der Waals surface area contributed by atoms with Crippen molar-refractivity contribution in [3.8, 4) is 28.1 Å². The average molecular weight is 481 g/mol. The SMILES string of the molecule is Cc1c(N=c2scc(-c3ccc(-c4ccccc4)cc3)n2C(C)C)c(=O)n(-c2ccccc2)n1C. The summed E-state index contributed by atoms with van der Waals surface area (Å²) < 4.78 is 5.75. The van der Waals surface area contributed by atoms with E-state index in [1.165, 1.54) is 11.1 Å². The van der Waals surface area contributed by atoms with Gasteiger partial charge in [0, 0.05) is 18.5 Å². The maximum atomic E-state index is 13.4. The lowest BCUT2D eigenvalue weighted by atomic mass is 10.0. The Balaban J connectivity index is 1.60. The first-order valence-electron chi connectivity index (χ1n) is 11.7. The van der Waals surface area contributed by atoms with Crippen molar-refractivity contribution in [2.24, 2.45) is 12.0 Å². The zero-order valence-electron chi connectivity index (χ0n) is 20.3. The van der Waals surface area contributed by atoms with E-state index in [1.54, 1.807) is 16.0 Å². The van der Waals surface area contributed by atoms with Crippen molar-refractivity contribution in [2.75, 3.05) is 0 Å². The van der Waals surface area contributed by atoms with E-state index < -0.39 is 0 Å². The van der Waals surface area contributed by atoms with Gasteiger partial charge in [-0.2, -0.15) is 0 Å². The van der Waals surface area contributed by atoms with Crippen LogP contribution in [-0.2, 0) is 7.05 Å². The van der Waals surface area contributed by atoms with E-state index in [0.29, 0.717) is 5.69 Å². The molecule has 0 aliphatic rings. The number of hydrogen-bond donors (Lipinski definition) is 0. The van der Waals surface area contributed by atoms with Crippen molar-refractivity contribution in [3.05, 3.63) is 111 Å². The minimum absolute atomic E-state index is 0.117. The monoisotopic (exact) mass is 480 g/mol. The Morgan fingerprint density at radius 3 is 2.00 bits per heavy atom. The average Bonchev–Trinajstić information content (AvgIpc) is 3.40. The van der Waals surface area contributed by atoms with Crippen LogP contribution in [0, 0.1) is 6.92 Å². The van der Waals surface area contributed by atoms with Crippen LogP contribution in [0.5, 0.6) is 0 Å². The zero-order chi connectivity index (χ0) is 24.5. The van der Waals surface area contributed by atoms with E-state index in [4.69, 9.17) is 4.99 Å². The molecule has 0 saturated heterocycles. The molecule has 5 aromatic rings. The molecule has 0 aliphatic heterocycles. The summed E-state index contributed by atoms with van der Waals surface area (Å²) in [5.41, 5.74) is 6.62. The maximum Gasteiger partial charge on any atom is 0.297 e. The lowest BCUT2D eigenvalue weighted by Gasteiger charge is -2.13. The largest absolute Gasteiger partial charge is 0.314 e. The fourth-order valence-electron chi connectivity index (χ4n) is 4.35. The van der Waals surface area contributed by atoms with Crippen molar-refractivity contribution >= 4 is 17.0 Å². The van der Waals surface area contributed by atoms with Crippen molar-refractivity contribution in [1.29, 1.82) is 0 Å². The van der Waals surface area contributed by atoms with Gasteiger partial charge in [-0.25, -0.2) is 9.67 Å². The van der Waals surface area contributed by atoms with Crippen LogP contribution in [0.1, 0.15) is 25.6 Å². The summed E-state index contributed by atoms with van der Waals surface area (Å²) in [4.78, 5) is 19.1. The molecule has 0 spiro atoms. The molecule has 2 heterocycles. The van der Waals surface area contributed by atoms with Crippen molar-refractivity contribution < 1.29 is 0 Å².